The van der Waals surface area contributed by atoms with E-state index in [1.165, 1.54) is 30.4 Å². The third-order valence-corrected chi connectivity index (χ3v) is 2.53. The molecule has 0 fully saturated rings. The summed E-state index contributed by atoms with van der Waals surface area (Å²) in [6.45, 7) is 3.57. The first-order valence-electron chi connectivity index (χ1n) is 6.09. The highest BCUT2D eigenvalue weighted by atomic mass is 35.5. The van der Waals surface area contributed by atoms with Crippen LogP contribution in [-0.4, -0.2) is 24.4 Å². The summed E-state index contributed by atoms with van der Waals surface area (Å²) in [5.41, 5.74) is 0.596. The number of nitrogens with one attached hydrogen (secondary N) is 2. The Hall–Kier alpha value is -1.88. The van der Waals surface area contributed by atoms with Gasteiger partial charge in [-0.1, -0.05) is 17.7 Å². The van der Waals surface area contributed by atoms with Crippen molar-refractivity contribution >= 4 is 29.5 Å². The van der Waals surface area contributed by atoms with E-state index in [1.807, 2.05) is 13.8 Å². The molecule has 2 amide bonds. The molecule has 1 rings (SSSR count). The standard InChI is InChI=1S/C14H16ClFN2O2/c1-9(2)18-14(20)8-17-13(19)6-4-10-3-5-12(16)11(15)7-10/h3-7,9H,8H2,1-2H3,(H,17,19)(H,18,20)/b6-4+. The number of rotatable bonds is 5. The van der Waals surface area contributed by atoms with E-state index >= 15 is 0 Å². The molecule has 0 unspecified atom stereocenters. The summed E-state index contributed by atoms with van der Waals surface area (Å²) in [5.74, 6) is -1.19. The quantitative estimate of drug-likeness (QED) is 0.818. The van der Waals surface area contributed by atoms with E-state index in [2.05, 4.69) is 10.6 Å². The molecule has 0 radical (unpaired) electrons. The molecular formula is C14H16ClFN2O2. The van der Waals surface area contributed by atoms with Gasteiger partial charge in [0.2, 0.25) is 11.8 Å². The largest absolute Gasteiger partial charge is 0.352 e. The number of carbonyl (C=O) groups is 2. The van der Waals surface area contributed by atoms with Gasteiger partial charge in [0.1, 0.15) is 5.82 Å². The second kappa shape index (κ2) is 7.65. The predicted molar refractivity (Wildman–Crippen MR) is 76.7 cm³/mol. The van der Waals surface area contributed by atoms with Crippen molar-refractivity contribution in [3.63, 3.8) is 0 Å². The molecule has 2 N–H and O–H groups in total. The average Bonchev–Trinajstić information content (AvgIpc) is 2.37. The van der Waals surface area contributed by atoms with Gasteiger partial charge in [-0.15, -0.1) is 0 Å². The monoisotopic (exact) mass is 298 g/mol. The SMILES string of the molecule is CC(C)NC(=O)CNC(=O)/C=C/c1ccc(F)c(Cl)c1. The van der Waals surface area contributed by atoms with Crippen LogP contribution in [0.2, 0.25) is 5.02 Å². The second-order valence-electron chi connectivity index (χ2n) is 4.45. The van der Waals surface area contributed by atoms with E-state index in [9.17, 15) is 14.0 Å². The second-order valence-corrected chi connectivity index (χ2v) is 4.85. The summed E-state index contributed by atoms with van der Waals surface area (Å²) in [7, 11) is 0. The number of hydrogen-bond acceptors (Lipinski definition) is 2. The first kappa shape index (κ1) is 16.2. The van der Waals surface area contributed by atoms with Gasteiger partial charge in [-0.2, -0.15) is 0 Å². The molecule has 0 aliphatic rings. The van der Waals surface area contributed by atoms with Gasteiger partial charge in [0, 0.05) is 12.1 Å². The van der Waals surface area contributed by atoms with Crippen LogP contribution in [0.5, 0.6) is 0 Å². The van der Waals surface area contributed by atoms with Crippen LogP contribution in [0.15, 0.2) is 24.3 Å². The van der Waals surface area contributed by atoms with Crippen molar-refractivity contribution in [2.24, 2.45) is 0 Å². The predicted octanol–water partition coefficient (Wildman–Crippen LogP) is 2.13. The van der Waals surface area contributed by atoms with E-state index in [0.717, 1.165) is 0 Å². The number of hydrogen-bond donors (Lipinski definition) is 2. The molecule has 4 nitrogen and oxygen atoms in total. The lowest BCUT2D eigenvalue weighted by molar-refractivity contribution is -0.124. The fourth-order valence-electron chi connectivity index (χ4n) is 1.39. The highest BCUT2D eigenvalue weighted by Crippen LogP contribution is 2.16. The molecule has 0 saturated heterocycles. The smallest absolute Gasteiger partial charge is 0.244 e. The highest BCUT2D eigenvalue weighted by molar-refractivity contribution is 6.30. The third kappa shape index (κ3) is 5.84. The van der Waals surface area contributed by atoms with E-state index < -0.39 is 11.7 Å². The Morgan fingerprint density at radius 1 is 1.40 bits per heavy atom. The van der Waals surface area contributed by atoms with Gasteiger partial charge < -0.3 is 10.6 Å². The zero-order valence-electron chi connectivity index (χ0n) is 11.2. The topological polar surface area (TPSA) is 58.2 Å². The fourth-order valence-corrected chi connectivity index (χ4v) is 1.58. The lowest BCUT2D eigenvalue weighted by atomic mass is 10.2. The molecule has 108 valence electrons. The zero-order valence-corrected chi connectivity index (χ0v) is 12.0. The Labute approximate surface area is 122 Å². The molecule has 20 heavy (non-hydrogen) atoms. The van der Waals surface area contributed by atoms with Crippen LogP contribution in [0.25, 0.3) is 6.08 Å². The molecule has 0 bridgehead atoms. The molecule has 0 aromatic heterocycles. The van der Waals surface area contributed by atoms with Gasteiger partial charge in [0.05, 0.1) is 11.6 Å². The van der Waals surface area contributed by atoms with Gasteiger partial charge in [-0.25, -0.2) is 4.39 Å². The first-order chi connectivity index (χ1) is 9.38. The molecule has 1 aromatic rings. The van der Waals surface area contributed by atoms with E-state index in [0.29, 0.717) is 5.56 Å². The van der Waals surface area contributed by atoms with Crippen molar-refractivity contribution in [2.45, 2.75) is 19.9 Å². The lowest BCUT2D eigenvalue weighted by Gasteiger charge is -2.08. The van der Waals surface area contributed by atoms with Crippen LogP contribution in [0.1, 0.15) is 19.4 Å². The van der Waals surface area contributed by atoms with Gasteiger partial charge >= 0.3 is 0 Å². The van der Waals surface area contributed by atoms with Crippen molar-refractivity contribution in [3.8, 4) is 0 Å². The summed E-state index contributed by atoms with van der Waals surface area (Å²) in [4.78, 5) is 22.8. The Balaban J connectivity index is 2.47. The Morgan fingerprint density at radius 3 is 2.70 bits per heavy atom. The minimum absolute atomic E-state index is 0.0103. The zero-order chi connectivity index (χ0) is 15.1. The number of carbonyl (C=O) groups excluding carboxylic acids is 2. The van der Waals surface area contributed by atoms with Crippen LogP contribution < -0.4 is 10.6 Å². The molecule has 0 atom stereocenters. The third-order valence-electron chi connectivity index (χ3n) is 2.24. The normalized spacial score (nSPS) is 10.8. The molecule has 1 aromatic carbocycles. The minimum atomic E-state index is -0.515. The van der Waals surface area contributed by atoms with Crippen molar-refractivity contribution in [1.29, 1.82) is 0 Å². The highest BCUT2D eigenvalue weighted by Gasteiger charge is 2.04. The van der Waals surface area contributed by atoms with Gasteiger partial charge in [-0.05, 0) is 37.6 Å². The van der Waals surface area contributed by atoms with Crippen LogP contribution >= 0.6 is 11.6 Å². The average molecular weight is 299 g/mol. The van der Waals surface area contributed by atoms with Crippen molar-refractivity contribution in [2.75, 3.05) is 6.54 Å². The maximum atomic E-state index is 12.9. The lowest BCUT2D eigenvalue weighted by Crippen LogP contribution is -2.39. The maximum absolute atomic E-state index is 12.9. The van der Waals surface area contributed by atoms with Crippen LogP contribution in [-0.2, 0) is 9.59 Å². The van der Waals surface area contributed by atoms with Crippen LogP contribution in [0.3, 0.4) is 0 Å². The van der Waals surface area contributed by atoms with E-state index in [1.54, 1.807) is 0 Å². The summed E-state index contributed by atoms with van der Waals surface area (Å²) < 4.78 is 12.9. The molecule has 0 aliphatic carbocycles. The summed E-state index contributed by atoms with van der Waals surface area (Å²) in [6, 6.07) is 4.15. The number of amides is 2. The van der Waals surface area contributed by atoms with E-state index in [4.69, 9.17) is 11.6 Å². The summed E-state index contributed by atoms with van der Waals surface area (Å²) in [6.07, 6.45) is 2.74. The van der Waals surface area contributed by atoms with Crippen molar-refractivity contribution < 1.29 is 14.0 Å². The van der Waals surface area contributed by atoms with Crippen molar-refractivity contribution in [3.05, 3.63) is 40.7 Å². The minimum Gasteiger partial charge on any atom is -0.352 e. The molecule has 0 spiro atoms. The number of benzene rings is 1. The maximum Gasteiger partial charge on any atom is 0.244 e. The Kier molecular flexibility index (Phi) is 6.18. The molecule has 0 aliphatic heterocycles. The molecule has 6 heteroatoms. The van der Waals surface area contributed by atoms with Crippen LogP contribution in [0, 0.1) is 5.82 Å². The molecule has 0 saturated carbocycles. The van der Waals surface area contributed by atoms with Gasteiger partial charge in [-0.3, -0.25) is 9.59 Å². The molecule has 0 heterocycles. The van der Waals surface area contributed by atoms with E-state index in [-0.39, 0.29) is 23.5 Å². The Morgan fingerprint density at radius 2 is 2.10 bits per heavy atom. The summed E-state index contributed by atoms with van der Waals surface area (Å²) >= 11 is 5.62. The molecular weight excluding hydrogens is 283 g/mol. The fraction of sp³-hybridized carbons (Fsp3) is 0.286. The summed E-state index contributed by atoms with van der Waals surface area (Å²) in [5, 5.41) is 5.08. The van der Waals surface area contributed by atoms with Crippen LogP contribution in [0.4, 0.5) is 4.39 Å². The van der Waals surface area contributed by atoms with Gasteiger partial charge in [0.15, 0.2) is 0 Å². The first-order valence-corrected chi connectivity index (χ1v) is 6.46. The Bertz CT molecular complexity index is 530. The van der Waals surface area contributed by atoms with Crippen molar-refractivity contribution in [1.82, 2.24) is 10.6 Å². The van der Waals surface area contributed by atoms with Gasteiger partial charge in [0.25, 0.3) is 0 Å². The number of halogens is 2.